The number of halogens is 8. The van der Waals surface area contributed by atoms with Crippen molar-refractivity contribution >= 4 is 46.4 Å². The second-order valence-electron chi connectivity index (χ2n) is 31.7. The molecule has 0 aliphatic heterocycles. The third-order valence-electron chi connectivity index (χ3n) is 23.1. The summed E-state index contributed by atoms with van der Waals surface area (Å²) in [5.41, 5.74) is 7.25. The number of carbonyl (C=O) groups is 4. The number of rotatable bonds is 20. The van der Waals surface area contributed by atoms with Crippen molar-refractivity contribution in [1.82, 2.24) is 58.1 Å². The maximum absolute atomic E-state index is 13.9. The summed E-state index contributed by atoms with van der Waals surface area (Å²) in [5.74, 6) is -5.17. The molecule has 16 aromatic rings. The van der Waals surface area contributed by atoms with E-state index in [9.17, 15) is 74.7 Å². The summed E-state index contributed by atoms with van der Waals surface area (Å²) in [7, 11) is 0. The number of hydrogen-bond donors (Lipinski definition) is 8. The lowest BCUT2D eigenvalue weighted by molar-refractivity contribution is 0.0989. The number of benzene rings is 4. The topological polar surface area (TPSA) is 373 Å². The average Bonchev–Trinajstić information content (AvgIpc) is 1.67. The number of amides is 4. The molecule has 28 nitrogen and oxygen atoms in total. The molecule has 1 unspecified atom stereocenters. The van der Waals surface area contributed by atoms with Gasteiger partial charge in [-0.15, -0.1) is 0 Å². The Morgan fingerprint density at radius 2 is 0.553 bits per heavy atom. The van der Waals surface area contributed by atoms with Crippen LogP contribution in [0.15, 0.2) is 262 Å². The molecule has 4 aliphatic rings. The normalized spacial score (nSPS) is 17.9. The first-order valence-electron chi connectivity index (χ1n) is 42.1. The van der Waals surface area contributed by atoms with Gasteiger partial charge in [-0.05, 0) is 247 Å². The number of aliphatic hydroxyl groups is 4. The smallest absolute Gasteiger partial charge is 0.291 e. The molecule has 0 saturated heterocycles. The molecule has 0 radical (unpaired) electrons. The Morgan fingerprint density at radius 1 is 0.303 bits per heavy atom. The number of nitrogens with zero attached hydrogens (tertiary/aromatic N) is 12. The van der Waals surface area contributed by atoms with Gasteiger partial charge < -0.3 is 77.6 Å². The van der Waals surface area contributed by atoms with Gasteiger partial charge in [0.15, 0.2) is 69.4 Å². The van der Waals surface area contributed by atoms with Crippen molar-refractivity contribution in [2.24, 2.45) is 0 Å². The zero-order valence-corrected chi connectivity index (χ0v) is 69.6. The minimum atomic E-state index is -0.662. The van der Waals surface area contributed by atoms with Crippen LogP contribution in [0.2, 0.25) is 0 Å². The number of aromatic nitrogens is 12. The van der Waals surface area contributed by atoms with Gasteiger partial charge in [0.25, 0.3) is 23.6 Å². The van der Waals surface area contributed by atoms with Gasteiger partial charge in [0, 0.05) is 59.1 Å². The van der Waals surface area contributed by atoms with Crippen LogP contribution in [0.1, 0.15) is 143 Å². The Bertz CT molecular complexity index is 6410. The summed E-state index contributed by atoms with van der Waals surface area (Å²) in [6, 6.07) is 41.2. The summed E-state index contributed by atoms with van der Waals surface area (Å²) >= 11 is 0. The monoisotopic (exact) mass is 1800 g/mol. The van der Waals surface area contributed by atoms with Gasteiger partial charge in [-0.3, -0.25) is 39.1 Å². The van der Waals surface area contributed by atoms with Crippen molar-refractivity contribution in [2.45, 2.75) is 126 Å². The van der Waals surface area contributed by atoms with E-state index in [0.717, 1.165) is 63.3 Å². The van der Waals surface area contributed by atoms with E-state index in [1.807, 2.05) is 18.3 Å². The molecule has 36 heteroatoms. The fraction of sp³-hybridized carbons (Fsp3) is 0.208. The first-order valence-corrected chi connectivity index (χ1v) is 42.1. The first-order chi connectivity index (χ1) is 64.0. The van der Waals surface area contributed by atoms with Crippen LogP contribution in [0.4, 0.5) is 57.9 Å². The molecule has 0 bridgehead atoms. The van der Waals surface area contributed by atoms with Crippen molar-refractivity contribution < 1.29 is 92.4 Å². The first kappa shape index (κ1) is 88.6. The Labute approximate surface area is 745 Å². The maximum Gasteiger partial charge on any atom is 0.291 e. The lowest BCUT2D eigenvalue weighted by Gasteiger charge is -2.19. The third-order valence-corrected chi connectivity index (χ3v) is 23.1. The van der Waals surface area contributed by atoms with E-state index in [1.165, 1.54) is 122 Å². The Kier molecular flexibility index (Phi) is 26.4. The molecular weight excluding hydrogens is 1720 g/mol. The van der Waals surface area contributed by atoms with Crippen molar-refractivity contribution in [3.63, 3.8) is 0 Å². The van der Waals surface area contributed by atoms with E-state index in [2.05, 4.69) is 61.1 Å². The van der Waals surface area contributed by atoms with E-state index < -0.39 is 71.3 Å². The Balaban J connectivity index is 0.000000123. The maximum atomic E-state index is 13.9. The molecule has 8 N–H and O–H groups in total. The highest BCUT2D eigenvalue weighted by molar-refractivity contribution is 6.05. The predicted molar refractivity (Wildman–Crippen MR) is 465 cm³/mol. The number of anilines is 4. The molecular formula is C96H80F8N16O12. The van der Waals surface area contributed by atoms with Gasteiger partial charge in [0.1, 0.15) is 46.0 Å². The third kappa shape index (κ3) is 19.6. The van der Waals surface area contributed by atoms with Crippen LogP contribution in [0.25, 0.3) is 90.8 Å². The molecule has 4 saturated carbocycles. The van der Waals surface area contributed by atoms with Gasteiger partial charge >= 0.3 is 0 Å². The molecule has 4 aromatic carbocycles. The average molecular weight is 1800 g/mol. The van der Waals surface area contributed by atoms with Crippen molar-refractivity contribution in [3.8, 4) is 90.8 Å². The summed E-state index contributed by atoms with van der Waals surface area (Å²) < 4.78 is 140. The molecule has 20 rings (SSSR count). The quantitative estimate of drug-likeness (QED) is 0.0329. The summed E-state index contributed by atoms with van der Waals surface area (Å²) in [6.07, 6.45) is 22.9. The van der Waals surface area contributed by atoms with Crippen LogP contribution < -0.4 is 21.3 Å². The standard InChI is InChI=1S/4C24H20F2N4O3/c2*25-15-3-1-14(2-4-15)22-23(30(13-28-22)16-5-6-17(31)11-16)20-7-8-21(33-20)24(32)29-19-9-10-27-12-18(19)26;2*25-15-6-4-14(5-7-15)22-23(30(13-28-22)18-2-1-3-19(18)31)20-8-9-21(33-20)24(32)29-17-10-11-27-12-16(17)26/h2*1-4,7-10,12-13,16-17,31H,5-6,11H2,(H,27,29,32);2*4-13,18-19,31H,1-3H2,(H,27,29,32)/t2*16-,17+;18?,19-;18-,19-/m1001/s1. The van der Waals surface area contributed by atoms with Crippen LogP contribution in [0, 0.1) is 46.5 Å². The summed E-state index contributed by atoms with van der Waals surface area (Å²) in [5, 5.41) is 50.9. The SMILES string of the molecule is O=C(Nc1ccncc1F)c1ccc(-c2c(-c3ccc(F)cc3)ncn2C2CCC[C@@H]2O)o1.O=C(Nc1ccncc1F)c1ccc(-c2c(-c3ccc(F)cc3)ncn2[C@@H]2CCC[C@H]2O)o1.O=C(Nc1ccncc1F)c1ccc(-c2c(-c3ccc(F)cc3)ncn2[C@@H]2CC[C@H](O)C2)o1.O=C(Nc1ccncc1F)c1ccc(-c2c(-c3ccc(F)cc3)ncn2[C@H]2CC[C@@H](O)C2)o1. The number of imidazole rings is 4. The highest BCUT2D eigenvalue weighted by atomic mass is 19.2. The van der Waals surface area contributed by atoms with E-state index >= 15 is 0 Å². The molecule has 4 amide bonds. The van der Waals surface area contributed by atoms with Gasteiger partial charge in [0.05, 0.1) is 132 Å². The van der Waals surface area contributed by atoms with Crippen LogP contribution in [0.3, 0.4) is 0 Å². The number of carbonyl (C=O) groups excluding carboxylic acids is 4. The number of hydrogen-bond acceptors (Lipinski definition) is 20. The fourth-order valence-corrected chi connectivity index (χ4v) is 16.6. The molecule has 12 heterocycles. The molecule has 4 fully saturated rings. The number of furan rings is 4. The van der Waals surface area contributed by atoms with Crippen LogP contribution >= 0.6 is 0 Å². The van der Waals surface area contributed by atoms with Crippen molar-refractivity contribution in [2.75, 3.05) is 21.3 Å². The Morgan fingerprint density at radius 3 is 0.780 bits per heavy atom. The summed E-state index contributed by atoms with van der Waals surface area (Å²) in [6.45, 7) is 0. The molecule has 132 heavy (non-hydrogen) atoms. The molecule has 4 aliphatic carbocycles. The van der Waals surface area contributed by atoms with E-state index in [4.69, 9.17) is 17.7 Å². The van der Waals surface area contributed by atoms with E-state index in [0.29, 0.717) is 129 Å². The molecule has 8 atom stereocenters. The van der Waals surface area contributed by atoms with Crippen molar-refractivity contribution in [1.29, 1.82) is 0 Å². The zero-order valence-electron chi connectivity index (χ0n) is 69.6. The minimum Gasteiger partial charge on any atom is -0.449 e. The second-order valence-corrected chi connectivity index (χ2v) is 31.7. The Hall–Kier alpha value is -15.4. The molecule has 0 spiro atoms. The predicted octanol–water partition coefficient (Wildman–Crippen LogP) is 19.3. The van der Waals surface area contributed by atoms with E-state index in [1.54, 1.807) is 98.1 Å². The van der Waals surface area contributed by atoms with Gasteiger partial charge in [-0.2, -0.15) is 0 Å². The highest BCUT2D eigenvalue weighted by Gasteiger charge is 2.36. The van der Waals surface area contributed by atoms with Crippen LogP contribution in [0.5, 0.6) is 0 Å². The van der Waals surface area contributed by atoms with Crippen molar-refractivity contribution in [3.05, 3.63) is 314 Å². The number of nitrogens with one attached hydrogen (secondary N) is 4. The minimum absolute atomic E-state index is 0.00462. The van der Waals surface area contributed by atoms with E-state index in [-0.39, 0.29) is 93.2 Å². The second kappa shape index (κ2) is 39.3. The fourth-order valence-electron chi connectivity index (χ4n) is 16.6. The largest absolute Gasteiger partial charge is 0.449 e. The number of pyridine rings is 4. The van der Waals surface area contributed by atoms with Gasteiger partial charge in [-0.25, -0.2) is 55.1 Å². The highest BCUT2D eigenvalue weighted by Crippen LogP contribution is 2.45. The van der Waals surface area contributed by atoms with Gasteiger partial charge in [0.2, 0.25) is 0 Å². The molecule has 12 aromatic heterocycles. The van der Waals surface area contributed by atoms with Crippen LogP contribution in [-0.4, -0.2) is 127 Å². The van der Waals surface area contributed by atoms with Gasteiger partial charge in [-0.1, -0.05) is 0 Å². The lowest BCUT2D eigenvalue weighted by atomic mass is 10.1. The zero-order chi connectivity index (χ0) is 91.8. The lowest BCUT2D eigenvalue weighted by Crippen LogP contribution is -2.18. The van der Waals surface area contributed by atoms with Crippen LogP contribution in [-0.2, 0) is 0 Å². The molecule has 672 valence electrons. The number of aliphatic hydroxyl groups excluding tert-OH is 4. The summed E-state index contributed by atoms with van der Waals surface area (Å²) in [4.78, 5) is 83.3.